The number of aromatic nitrogens is 2. The molecule has 0 saturated carbocycles. The van der Waals surface area contributed by atoms with Crippen molar-refractivity contribution >= 4 is 11.5 Å². The summed E-state index contributed by atoms with van der Waals surface area (Å²) in [6.45, 7) is -0.179. The Hall–Kier alpha value is -2.63. The van der Waals surface area contributed by atoms with Gasteiger partial charge in [-0.25, -0.2) is 4.79 Å². The largest absolute Gasteiger partial charge is 0.374 e. The molecule has 0 saturated heterocycles. The third-order valence-corrected chi connectivity index (χ3v) is 2.46. The molecule has 0 atom stereocenters. The highest BCUT2D eigenvalue weighted by atomic mass is 16.6. The van der Waals surface area contributed by atoms with E-state index in [1.165, 1.54) is 19.0 Å². The van der Waals surface area contributed by atoms with Crippen molar-refractivity contribution in [3.05, 3.63) is 31.0 Å². The zero-order valence-electron chi connectivity index (χ0n) is 10.1. The predicted octanol–water partition coefficient (Wildman–Crippen LogP) is -1.05. The zero-order valence-corrected chi connectivity index (χ0v) is 10.1. The fourth-order valence-electron chi connectivity index (χ4n) is 1.59. The lowest BCUT2D eigenvalue weighted by molar-refractivity contribution is -0.386. The van der Waals surface area contributed by atoms with Crippen LogP contribution in [0.2, 0.25) is 0 Å². The van der Waals surface area contributed by atoms with Crippen LogP contribution in [0.1, 0.15) is 0 Å². The van der Waals surface area contributed by atoms with Crippen LogP contribution in [0.5, 0.6) is 0 Å². The average molecular weight is 253 g/mol. The average Bonchev–Trinajstić information content (AvgIpc) is 2.30. The number of nitro groups is 1. The van der Waals surface area contributed by atoms with Crippen LogP contribution >= 0.6 is 0 Å². The number of nitrogens with zero attached hydrogens (tertiary/aromatic N) is 5. The van der Waals surface area contributed by atoms with Gasteiger partial charge in [-0.1, -0.05) is 0 Å². The van der Waals surface area contributed by atoms with Crippen LogP contribution in [0.4, 0.5) is 11.5 Å². The summed E-state index contributed by atoms with van der Waals surface area (Å²) in [5.41, 5.74) is -2.41. The molecule has 0 aliphatic rings. The second-order valence-corrected chi connectivity index (χ2v) is 3.65. The van der Waals surface area contributed by atoms with Crippen LogP contribution in [0.25, 0.3) is 0 Å². The van der Waals surface area contributed by atoms with Crippen molar-refractivity contribution in [2.45, 2.75) is 0 Å². The summed E-state index contributed by atoms with van der Waals surface area (Å²) in [6, 6.07) is 1.79. The van der Waals surface area contributed by atoms with E-state index in [-0.39, 0.29) is 12.4 Å². The van der Waals surface area contributed by atoms with E-state index in [1.54, 1.807) is 6.07 Å². The standard InChI is InChI=1S/C9H11N5O4/c1-11(5-4-10)7-6(14(17)18)8(15)13(3)9(16)12(7)2/h5H2,1-3H3. The Bertz CT molecular complexity index is 651. The molecule has 9 heteroatoms. The number of rotatable bonds is 3. The molecule has 0 aliphatic carbocycles. The number of hydrogen-bond acceptors (Lipinski definition) is 6. The van der Waals surface area contributed by atoms with E-state index in [2.05, 4.69) is 0 Å². The molecule has 1 heterocycles. The molecule has 0 aliphatic heterocycles. The van der Waals surface area contributed by atoms with Crippen molar-refractivity contribution in [1.82, 2.24) is 9.13 Å². The lowest BCUT2D eigenvalue weighted by Gasteiger charge is -2.18. The molecule has 0 aromatic carbocycles. The van der Waals surface area contributed by atoms with Crippen LogP contribution in [-0.2, 0) is 14.1 Å². The van der Waals surface area contributed by atoms with Gasteiger partial charge in [-0.15, -0.1) is 0 Å². The minimum absolute atomic E-state index is 0.179. The molecule has 1 aromatic heterocycles. The summed E-state index contributed by atoms with van der Waals surface area (Å²) in [5.74, 6) is -0.186. The van der Waals surface area contributed by atoms with Gasteiger partial charge in [0.25, 0.3) is 0 Å². The van der Waals surface area contributed by atoms with E-state index in [0.29, 0.717) is 4.57 Å². The lowest BCUT2D eigenvalue weighted by Crippen LogP contribution is -2.41. The fourth-order valence-corrected chi connectivity index (χ4v) is 1.59. The van der Waals surface area contributed by atoms with Crippen molar-refractivity contribution in [2.75, 3.05) is 18.5 Å². The Morgan fingerprint density at radius 2 is 1.94 bits per heavy atom. The van der Waals surface area contributed by atoms with Gasteiger partial charge in [0.1, 0.15) is 6.54 Å². The van der Waals surface area contributed by atoms with E-state index >= 15 is 0 Å². The van der Waals surface area contributed by atoms with Crippen LogP contribution in [-0.4, -0.2) is 27.6 Å². The van der Waals surface area contributed by atoms with Gasteiger partial charge in [-0.3, -0.25) is 24.0 Å². The van der Waals surface area contributed by atoms with E-state index < -0.39 is 21.9 Å². The van der Waals surface area contributed by atoms with E-state index in [0.717, 1.165) is 11.6 Å². The first-order valence-corrected chi connectivity index (χ1v) is 4.85. The molecule has 9 nitrogen and oxygen atoms in total. The van der Waals surface area contributed by atoms with Crippen molar-refractivity contribution in [1.29, 1.82) is 5.26 Å². The summed E-state index contributed by atoms with van der Waals surface area (Å²) < 4.78 is 1.62. The van der Waals surface area contributed by atoms with E-state index in [9.17, 15) is 19.7 Å². The lowest BCUT2D eigenvalue weighted by atomic mass is 10.4. The number of hydrogen-bond donors (Lipinski definition) is 0. The molecule has 96 valence electrons. The highest BCUT2D eigenvalue weighted by Crippen LogP contribution is 2.20. The van der Waals surface area contributed by atoms with Crippen molar-refractivity contribution in [3.63, 3.8) is 0 Å². The molecule has 0 fully saturated rings. The molecule has 0 spiro atoms. The Morgan fingerprint density at radius 1 is 1.39 bits per heavy atom. The molecule has 0 bridgehead atoms. The van der Waals surface area contributed by atoms with Gasteiger partial charge in [0, 0.05) is 21.1 Å². The van der Waals surface area contributed by atoms with Gasteiger partial charge in [0.15, 0.2) is 5.82 Å². The van der Waals surface area contributed by atoms with Crippen LogP contribution in [0.15, 0.2) is 9.59 Å². The maximum absolute atomic E-state index is 11.7. The Kier molecular flexibility index (Phi) is 3.51. The normalized spacial score (nSPS) is 9.89. The van der Waals surface area contributed by atoms with Crippen LogP contribution in [0.3, 0.4) is 0 Å². The molecular weight excluding hydrogens is 242 g/mol. The Morgan fingerprint density at radius 3 is 2.39 bits per heavy atom. The third kappa shape index (κ3) is 1.95. The van der Waals surface area contributed by atoms with Crippen molar-refractivity contribution in [2.24, 2.45) is 14.1 Å². The summed E-state index contributed by atoms with van der Waals surface area (Å²) in [5, 5.41) is 19.5. The third-order valence-electron chi connectivity index (χ3n) is 2.46. The molecule has 0 amide bonds. The minimum atomic E-state index is -0.997. The monoisotopic (exact) mass is 253 g/mol. The number of anilines is 1. The van der Waals surface area contributed by atoms with Gasteiger partial charge in [-0.2, -0.15) is 5.26 Å². The first kappa shape index (κ1) is 13.4. The highest BCUT2D eigenvalue weighted by molar-refractivity contribution is 5.57. The topological polar surface area (TPSA) is 114 Å². The second-order valence-electron chi connectivity index (χ2n) is 3.65. The van der Waals surface area contributed by atoms with E-state index in [4.69, 9.17) is 5.26 Å². The Labute approximate surface area is 101 Å². The SMILES string of the molecule is CN(CC#N)c1c([N+](=O)[O-])c(=O)n(C)c(=O)n1C. The van der Waals surface area contributed by atoms with Gasteiger partial charge in [0.05, 0.1) is 11.0 Å². The first-order valence-electron chi connectivity index (χ1n) is 4.85. The maximum atomic E-state index is 11.7. The summed E-state index contributed by atoms with van der Waals surface area (Å²) in [6.07, 6.45) is 0. The predicted molar refractivity (Wildman–Crippen MR) is 62.5 cm³/mol. The van der Waals surface area contributed by atoms with Crippen LogP contribution < -0.4 is 16.1 Å². The Balaban J connectivity index is 3.79. The summed E-state index contributed by atoms with van der Waals surface area (Å²) in [4.78, 5) is 34.7. The summed E-state index contributed by atoms with van der Waals surface area (Å²) in [7, 11) is 3.86. The van der Waals surface area contributed by atoms with Gasteiger partial charge >= 0.3 is 16.9 Å². The minimum Gasteiger partial charge on any atom is -0.342 e. The zero-order chi connectivity index (χ0) is 14.0. The fraction of sp³-hybridized carbons (Fsp3) is 0.444. The quantitative estimate of drug-likeness (QED) is 0.386. The molecule has 1 aromatic rings. The first-order chi connectivity index (χ1) is 8.32. The van der Waals surface area contributed by atoms with Crippen molar-refractivity contribution in [3.8, 4) is 6.07 Å². The highest BCUT2D eigenvalue weighted by Gasteiger charge is 2.27. The molecule has 0 radical (unpaired) electrons. The van der Waals surface area contributed by atoms with Crippen LogP contribution in [0, 0.1) is 21.4 Å². The molecule has 0 unspecified atom stereocenters. The smallest absolute Gasteiger partial charge is 0.342 e. The maximum Gasteiger partial charge on any atom is 0.374 e. The molecule has 18 heavy (non-hydrogen) atoms. The van der Waals surface area contributed by atoms with Crippen molar-refractivity contribution < 1.29 is 4.92 Å². The second kappa shape index (κ2) is 4.70. The van der Waals surface area contributed by atoms with E-state index in [1.807, 2.05) is 0 Å². The molecule has 1 rings (SSSR count). The molecule has 0 N–H and O–H groups in total. The van der Waals surface area contributed by atoms with Gasteiger partial charge < -0.3 is 4.90 Å². The summed E-state index contributed by atoms with van der Waals surface area (Å²) >= 11 is 0. The van der Waals surface area contributed by atoms with Gasteiger partial charge in [-0.05, 0) is 0 Å². The van der Waals surface area contributed by atoms with Gasteiger partial charge in [0.2, 0.25) is 0 Å². The number of nitriles is 1. The molecular formula is C9H11N5O4.